The standard InChI is InChI=1S/C20H26O5/c1-10-9-20(10)15(22)13-11(21)8-12-18(2,3)6-5-7-19(12,4)14(13)16(23)25-17(20)24/h10,12,15,22H,5-9H2,1-4H3/t10-,12?,15+,19-,20+/m0/s1. The summed E-state index contributed by atoms with van der Waals surface area (Å²) in [5.74, 6) is -1.65. The average Bonchev–Trinajstić information content (AvgIpc) is 3.20. The molecule has 5 heteroatoms. The minimum atomic E-state index is -1.23. The number of ether oxygens (including phenoxy) is 1. The number of carbonyl (C=O) groups is 3. The Balaban J connectivity index is 1.93. The van der Waals surface area contributed by atoms with Crippen LogP contribution in [0.1, 0.15) is 59.8 Å². The van der Waals surface area contributed by atoms with Crippen molar-refractivity contribution in [3.05, 3.63) is 11.1 Å². The Morgan fingerprint density at radius 2 is 1.76 bits per heavy atom. The number of esters is 2. The van der Waals surface area contributed by atoms with Crippen molar-refractivity contribution in [3.8, 4) is 0 Å². The fourth-order valence-electron chi connectivity index (χ4n) is 6.01. The minimum absolute atomic E-state index is 0.0144. The van der Waals surface area contributed by atoms with Crippen molar-refractivity contribution in [2.24, 2.45) is 28.1 Å². The zero-order chi connectivity index (χ0) is 18.4. The summed E-state index contributed by atoms with van der Waals surface area (Å²) in [4.78, 5) is 38.4. The quantitative estimate of drug-likeness (QED) is 0.538. The van der Waals surface area contributed by atoms with Crippen molar-refractivity contribution in [2.75, 3.05) is 0 Å². The summed E-state index contributed by atoms with van der Waals surface area (Å²) in [6.07, 6.45) is 2.27. The van der Waals surface area contributed by atoms with Gasteiger partial charge in [0.15, 0.2) is 5.78 Å². The summed E-state index contributed by atoms with van der Waals surface area (Å²) in [5, 5.41) is 11.0. The molecule has 1 N–H and O–H groups in total. The number of cyclic esters (lactones) is 2. The first-order valence-corrected chi connectivity index (χ1v) is 9.28. The molecule has 136 valence electrons. The van der Waals surface area contributed by atoms with Gasteiger partial charge in [0.2, 0.25) is 0 Å². The van der Waals surface area contributed by atoms with E-state index in [0.29, 0.717) is 12.8 Å². The first-order chi connectivity index (χ1) is 11.6. The minimum Gasteiger partial charge on any atom is -0.389 e. The molecule has 2 saturated carbocycles. The maximum absolute atomic E-state index is 13.0. The lowest BCUT2D eigenvalue weighted by Gasteiger charge is -2.53. The monoisotopic (exact) mass is 346 g/mol. The normalized spacial score (nSPS) is 45.6. The number of rotatable bonds is 0. The van der Waals surface area contributed by atoms with Gasteiger partial charge in [-0.3, -0.25) is 9.59 Å². The zero-order valence-electron chi connectivity index (χ0n) is 15.3. The maximum atomic E-state index is 13.0. The largest absolute Gasteiger partial charge is 0.389 e. The Morgan fingerprint density at radius 3 is 2.36 bits per heavy atom. The van der Waals surface area contributed by atoms with Gasteiger partial charge in [-0.05, 0) is 36.5 Å². The van der Waals surface area contributed by atoms with Crippen LogP contribution >= 0.6 is 0 Å². The molecule has 5 atom stereocenters. The Kier molecular flexibility index (Phi) is 3.26. The molecule has 4 aliphatic rings. The average molecular weight is 346 g/mol. The van der Waals surface area contributed by atoms with Crippen LogP contribution in [0.4, 0.5) is 0 Å². The fourth-order valence-corrected chi connectivity index (χ4v) is 6.01. The Labute approximate surface area is 147 Å². The molecule has 1 unspecified atom stereocenters. The molecule has 3 aliphatic carbocycles. The second-order valence-electron chi connectivity index (χ2n) is 9.45. The van der Waals surface area contributed by atoms with E-state index >= 15 is 0 Å². The SMILES string of the molecule is C[C@H]1C[C@@]12C(=O)OC(=O)C1=C(C(=O)CC3C(C)(C)CCC[C@]13C)[C@H]2O. The number of aliphatic hydroxyl groups excluding tert-OH is 1. The predicted molar refractivity (Wildman–Crippen MR) is 89.2 cm³/mol. The number of ketones is 1. The van der Waals surface area contributed by atoms with Crippen LogP contribution in [0, 0.1) is 28.1 Å². The summed E-state index contributed by atoms with van der Waals surface area (Å²) in [7, 11) is 0. The predicted octanol–water partition coefficient (Wildman–Crippen LogP) is 2.56. The lowest BCUT2D eigenvalue weighted by atomic mass is 9.49. The van der Waals surface area contributed by atoms with Crippen molar-refractivity contribution in [3.63, 3.8) is 0 Å². The number of aliphatic hydroxyl groups is 1. The molecule has 25 heavy (non-hydrogen) atoms. The topological polar surface area (TPSA) is 80.7 Å². The lowest BCUT2D eigenvalue weighted by molar-refractivity contribution is -0.164. The van der Waals surface area contributed by atoms with Crippen molar-refractivity contribution in [1.29, 1.82) is 0 Å². The zero-order valence-corrected chi connectivity index (χ0v) is 15.3. The van der Waals surface area contributed by atoms with E-state index in [1.807, 2.05) is 13.8 Å². The lowest BCUT2D eigenvalue weighted by Crippen LogP contribution is -2.50. The van der Waals surface area contributed by atoms with Gasteiger partial charge in [-0.15, -0.1) is 0 Å². The summed E-state index contributed by atoms with van der Waals surface area (Å²) in [6, 6.07) is 0. The highest BCUT2D eigenvalue weighted by atomic mass is 16.6. The third-order valence-electron chi connectivity index (χ3n) is 7.65. The Hall–Kier alpha value is -1.49. The van der Waals surface area contributed by atoms with E-state index in [0.717, 1.165) is 19.3 Å². The third-order valence-corrected chi connectivity index (χ3v) is 7.65. The van der Waals surface area contributed by atoms with Crippen molar-refractivity contribution < 1.29 is 24.2 Å². The van der Waals surface area contributed by atoms with Crippen molar-refractivity contribution >= 4 is 17.7 Å². The molecule has 0 aromatic rings. The van der Waals surface area contributed by atoms with Gasteiger partial charge < -0.3 is 9.84 Å². The van der Waals surface area contributed by atoms with Gasteiger partial charge in [0, 0.05) is 17.4 Å². The van der Waals surface area contributed by atoms with Gasteiger partial charge in [0.1, 0.15) is 5.41 Å². The summed E-state index contributed by atoms with van der Waals surface area (Å²) in [6.45, 7) is 8.14. The van der Waals surface area contributed by atoms with E-state index in [4.69, 9.17) is 4.74 Å². The fraction of sp³-hybridized carbons (Fsp3) is 0.750. The molecule has 1 heterocycles. The van der Waals surface area contributed by atoms with Gasteiger partial charge >= 0.3 is 11.9 Å². The molecule has 5 nitrogen and oxygen atoms in total. The van der Waals surface area contributed by atoms with Gasteiger partial charge in [-0.1, -0.05) is 34.1 Å². The molecule has 4 rings (SSSR count). The molecule has 0 aromatic carbocycles. The van der Waals surface area contributed by atoms with E-state index in [1.54, 1.807) is 0 Å². The molecule has 2 fully saturated rings. The van der Waals surface area contributed by atoms with E-state index in [9.17, 15) is 19.5 Å². The molecule has 1 spiro atoms. The summed E-state index contributed by atoms with van der Waals surface area (Å²) < 4.78 is 5.18. The highest BCUT2D eigenvalue weighted by Crippen LogP contribution is 2.64. The first kappa shape index (κ1) is 17.0. The van der Waals surface area contributed by atoms with E-state index < -0.39 is 28.9 Å². The van der Waals surface area contributed by atoms with Crippen LogP contribution in [0.15, 0.2) is 11.1 Å². The van der Waals surface area contributed by atoms with Gasteiger partial charge in [-0.2, -0.15) is 0 Å². The van der Waals surface area contributed by atoms with Crippen LogP contribution in [0.3, 0.4) is 0 Å². The second kappa shape index (κ2) is 4.81. The van der Waals surface area contributed by atoms with Crippen molar-refractivity contribution in [1.82, 2.24) is 0 Å². The number of hydrogen-bond acceptors (Lipinski definition) is 5. The highest BCUT2D eigenvalue weighted by molar-refractivity contribution is 6.12. The van der Waals surface area contributed by atoms with E-state index in [1.165, 1.54) is 0 Å². The van der Waals surface area contributed by atoms with Gasteiger partial charge in [-0.25, -0.2) is 4.79 Å². The molecular formula is C20H26O5. The van der Waals surface area contributed by atoms with Crippen LogP contribution in [0.25, 0.3) is 0 Å². The van der Waals surface area contributed by atoms with Crippen LogP contribution in [0.2, 0.25) is 0 Å². The Morgan fingerprint density at radius 1 is 1.12 bits per heavy atom. The molecule has 0 bridgehead atoms. The van der Waals surface area contributed by atoms with Crippen LogP contribution < -0.4 is 0 Å². The third kappa shape index (κ3) is 1.96. The molecule has 0 radical (unpaired) electrons. The molecule has 1 aliphatic heterocycles. The van der Waals surface area contributed by atoms with Crippen LogP contribution in [0.5, 0.6) is 0 Å². The number of carbonyl (C=O) groups excluding carboxylic acids is 3. The van der Waals surface area contributed by atoms with E-state index in [-0.39, 0.29) is 34.2 Å². The van der Waals surface area contributed by atoms with Gasteiger partial charge in [0.25, 0.3) is 0 Å². The highest BCUT2D eigenvalue weighted by Gasteiger charge is 2.69. The molecular weight excluding hydrogens is 320 g/mol. The maximum Gasteiger partial charge on any atom is 0.342 e. The molecule has 0 aromatic heterocycles. The van der Waals surface area contributed by atoms with Gasteiger partial charge in [0.05, 0.1) is 11.7 Å². The van der Waals surface area contributed by atoms with Crippen LogP contribution in [-0.4, -0.2) is 28.9 Å². The van der Waals surface area contributed by atoms with Crippen molar-refractivity contribution in [2.45, 2.75) is 65.9 Å². The summed E-state index contributed by atoms with van der Waals surface area (Å²) in [5.41, 5.74) is -1.29. The second-order valence-corrected chi connectivity index (χ2v) is 9.45. The number of fused-ring (bicyclic) bond motifs is 2. The Bertz CT molecular complexity index is 732. The molecule has 0 amide bonds. The number of hydrogen-bond donors (Lipinski definition) is 1. The van der Waals surface area contributed by atoms with E-state index in [2.05, 4.69) is 13.8 Å². The molecule has 0 saturated heterocycles. The first-order valence-electron chi connectivity index (χ1n) is 9.28. The summed E-state index contributed by atoms with van der Waals surface area (Å²) >= 11 is 0. The smallest absolute Gasteiger partial charge is 0.342 e. The number of Topliss-reactive ketones (excluding diaryl/α,β-unsaturated/α-hetero) is 1. The van der Waals surface area contributed by atoms with Crippen LogP contribution in [-0.2, 0) is 19.1 Å².